The summed E-state index contributed by atoms with van der Waals surface area (Å²) in [5.74, 6) is 0. The van der Waals surface area contributed by atoms with Crippen molar-refractivity contribution in [1.29, 1.82) is 0 Å². The van der Waals surface area contributed by atoms with Crippen LogP contribution in [-0.4, -0.2) is 50.8 Å². The highest BCUT2D eigenvalue weighted by Gasteiger charge is 2.22. The first-order valence-electron chi connectivity index (χ1n) is 5.34. The molecule has 0 radical (unpaired) electrons. The molecule has 0 aromatic heterocycles. The predicted octanol–water partition coefficient (Wildman–Crippen LogP) is 0.244. The van der Waals surface area contributed by atoms with Gasteiger partial charge < -0.3 is 5.73 Å². The molecular formula is C9H23N3O2S. The monoisotopic (exact) mass is 237 g/mol. The van der Waals surface area contributed by atoms with E-state index >= 15 is 0 Å². The van der Waals surface area contributed by atoms with E-state index in [2.05, 4.69) is 0 Å². The molecule has 5 nitrogen and oxygen atoms in total. The van der Waals surface area contributed by atoms with Crippen molar-refractivity contribution < 1.29 is 8.42 Å². The maximum absolute atomic E-state index is 11.9. The molecule has 0 unspecified atom stereocenters. The Bertz CT molecular complexity index is 234. The largest absolute Gasteiger partial charge is 0.330 e. The second kappa shape index (κ2) is 7.16. The fourth-order valence-electron chi connectivity index (χ4n) is 1.16. The Labute approximate surface area is 93.4 Å². The molecule has 0 atom stereocenters. The Kier molecular flexibility index (Phi) is 7.08. The van der Waals surface area contributed by atoms with Gasteiger partial charge in [0.05, 0.1) is 0 Å². The zero-order chi connectivity index (χ0) is 11.9. The highest BCUT2D eigenvalue weighted by Crippen LogP contribution is 2.05. The lowest BCUT2D eigenvalue weighted by molar-refractivity contribution is 0.386. The number of rotatable bonds is 8. The van der Waals surface area contributed by atoms with Gasteiger partial charge in [-0.3, -0.25) is 0 Å². The van der Waals surface area contributed by atoms with Crippen molar-refractivity contribution in [2.45, 2.75) is 26.2 Å². The summed E-state index contributed by atoms with van der Waals surface area (Å²) in [6.07, 6.45) is 2.57. The second-order valence-electron chi connectivity index (χ2n) is 3.65. The van der Waals surface area contributed by atoms with E-state index in [1.807, 2.05) is 6.92 Å². The first-order valence-corrected chi connectivity index (χ1v) is 6.74. The van der Waals surface area contributed by atoms with Gasteiger partial charge in [0.25, 0.3) is 10.2 Å². The SMILES string of the molecule is CCCCN(C)S(=O)(=O)N(C)CCCN. The Balaban J connectivity index is 4.25. The first-order chi connectivity index (χ1) is 6.96. The average molecular weight is 237 g/mol. The number of nitrogens with two attached hydrogens (primary N) is 1. The molecule has 2 N–H and O–H groups in total. The lowest BCUT2D eigenvalue weighted by atomic mass is 10.3. The molecule has 92 valence electrons. The van der Waals surface area contributed by atoms with E-state index < -0.39 is 10.2 Å². The molecule has 0 bridgehead atoms. The van der Waals surface area contributed by atoms with Crippen LogP contribution in [0.3, 0.4) is 0 Å². The molecule has 0 spiro atoms. The van der Waals surface area contributed by atoms with Crippen molar-refractivity contribution in [3.05, 3.63) is 0 Å². The molecule has 0 aliphatic rings. The number of hydrogen-bond acceptors (Lipinski definition) is 3. The third kappa shape index (κ3) is 4.92. The third-order valence-electron chi connectivity index (χ3n) is 2.29. The first kappa shape index (κ1) is 14.8. The fourth-order valence-corrected chi connectivity index (χ4v) is 2.36. The van der Waals surface area contributed by atoms with Crippen LogP contribution >= 0.6 is 0 Å². The van der Waals surface area contributed by atoms with E-state index in [4.69, 9.17) is 5.73 Å². The minimum atomic E-state index is -3.27. The smallest absolute Gasteiger partial charge is 0.281 e. The second-order valence-corrected chi connectivity index (χ2v) is 5.79. The predicted molar refractivity (Wildman–Crippen MR) is 62.8 cm³/mol. The van der Waals surface area contributed by atoms with E-state index in [0.29, 0.717) is 26.1 Å². The Hall–Kier alpha value is -0.170. The van der Waals surface area contributed by atoms with Gasteiger partial charge in [-0.15, -0.1) is 0 Å². The molecule has 0 heterocycles. The molecule has 0 amide bonds. The molecule has 0 rings (SSSR count). The summed E-state index contributed by atoms with van der Waals surface area (Å²) in [6, 6.07) is 0. The fraction of sp³-hybridized carbons (Fsp3) is 1.00. The van der Waals surface area contributed by atoms with Crippen LogP contribution in [0.1, 0.15) is 26.2 Å². The van der Waals surface area contributed by atoms with Gasteiger partial charge in [0.1, 0.15) is 0 Å². The average Bonchev–Trinajstić information content (AvgIpc) is 2.21. The third-order valence-corrected chi connectivity index (χ3v) is 4.23. The summed E-state index contributed by atoms with van der Waals surface area (Å²) >= 11 is 0. The molecule has 0 aliphatic carbocycles. The normalized spacial score (nSPS) is 12.7. The quantitative estimate of drug-likeness (QED) is 0.658. The van der Waals surface area contributed by atoms with Gasteiger partial charge in [-0.2, -0.15) is 17.0 Å². The molecule has 0 aromatic carbocycles. The van der Waals surface area contributed by atoms with Crippen molar-refractivity contribution >= 4 is 10.2 Å². The van der Waals surface area contributed by atoms with E-state index in [9.17, 15) is 8.42 Å². The van der Waals surface area contributed by atoms with Crippen LogP contribution in [0.25, 0.3) is 0 Å². The van der Waals surface area contributed by atoms with Crippen LogP contribution in [0.2, 0.25) is 0 Å². The number of unbranched alkanes of at least 4 members (excludes halogenated alkanes) is 1. The summed E-state index contributed by atoms with van der Waals surface area (Å²) in [5, 5.41) is 0. The van der Waals surface area contributed by atoms with Crippen LogP contribution in [-0.2, 0) is 10.2 Å². The molecule has 6 heteroatoms. The number of nitrogens with zero attached hydrogens (tertiary/aromatic N) is 2. The maximum Gasteiger partial charge on any atom is 0.281 e. The standard InChI is InChI=1S/C9H23N3O2S/c1-4-5-8-11(2)15(13,14)12(3)9-6-7-10/h4-10H2,1-3H3. The minimum Gasteiger partial charge on any atom is -0.330 e. The van der Waals surface area contributed by atoms with E-state index in [1.165, 1.54) is 8.61 Å². The molecular weight excluding hydrogens is 214 g/mol. The van der Waals surface area contributed by atoms with Crippen LogP contribution < -0.4 is 5.73 Å². The van der Waals surface area contributed by atoms with E-state index in [1.54, 1.807) is 14.1 Å². The van der Waals surface area contributed by atoms with Crippen molar-refractivity contribution in [2.24, 2.45) is 5.73 Å². The van der Waals surface area contributed by atoms with Gasteiger partial charge in [0.15, 0.2) is 0 Å². The summed E-state index contributed by atoms with van der Waals surface area (Å²) in [4.78, 5) is 0. The maximum atomic E-state index is 11.9. The number of hydrogen-bond donors (Lipinski definition) is 1. The zero-order valence-corrected chi connectivity index (χ0v) is 10.8. The minimum absolute atomic E-state index is 0.481. The summed E-state index contributed by atoms with van der Waals surface area (Å²) in [5.41, 5.74) is 5.34. The van der Waals surface area contributed by atoms with Gasteiger partial charge in [0.2, 0.25) is 0 Å². The molecule has 15 heavy (non-hydrogen) atoms. The highest BCUT2D eigenvalue weighted by atomic mass is 32.2. The van der Waals surface area contributed by atoms with Crippen LogP contribution in [0, 0.1) is 0 Å². The van der Waals surface area contributed by atoms with Crippen molar-refractivity contribution in [1.82, 2.24) is 8.61 Å². The van der Waals surface area contributed by atoms with Crippen LogP contribution in [0.15, 0.2) is 0 Å². The Morgan fingerprint density at radius 2 is 1.53 bits per heavy atom. The van der Waals surface area contributed by atoms with Crippen molar-refractivity contribution in [2.75, 3.05) is 33.7 Å². The van der Waals surface area contributed by atoms with Crippen LogP contribution in [0.5, 0.6) is 0 Å². The Morgan fingerprint density at radius 1 is 1.07 bits per heavy atom. The summed E-state index contributed by atoms with van der Waals surface area (Å²) < 4.78 is 26.5. The van der Waals surface area contributed by atoms with Crippen molar-refractivity contribution in [3.63, 3.8) is 0 Å². The molecule has 0 aliphatic heterocycles. The van der Waals surface area contributed by atoms with Gasteiger partial charge in [-0.05, 0) is 19.4 Å². The van der Waals surface area contributed by atoms with Gasteiger partial charge in [-0.25, -0.2) is 0 Å². The Morgan fingerprint density at radius 3 is 1.93 bits per heavy atom. The van der Waals surface area contributed by atoms with Crippen LogP contribution in [0.4, 0.5) is 0 Å². The van der Waals surface area contributed by atoms with Gasteiger partial charge >= 0.3 is 0 Å². The summed E-state index contributed by atoms with van der Waals surface area (Å²) in [6.45, 7) is 3.61. The van der Waals surface area contributed by atoms with Gasteiger partial charge in [0, 0.05) is 27.2 Å². The molecule has 0 aromatic rings. The molecule has 0 saturated carbocycles. The van der Waals surface area contributed by atoms with Gasteiger partial charge in [-0.1, -0.05) is 13.3 Å². The molecule has 0 fully saturated rings. The lowest BCUT2D eigenvalue weighted by Crippen LogP contribution is -2.40. The lowest BCUT2D eigenvalue weighted by Gasteiger charge is -2.24. The van der Waals surface area contributed by atoms with E-state index in [0.717, 1.165) is 12.8 Å². The van der Waals surface area contributed by atoms with E-state index in [-0.39, 0.29) is 0 Å². The topological polar surface area (TPSA) is 66.6 Å². The summed E-state index contributed by atoms with van der Waals surface area (Å²) in [7, 11) is -0.0666. The zero-order valence-electron chi connectivity index (χ0n) is 9.94. The highest BCUT2D eigenvalue weighted by molar-refractivity contribution is 7.86. The molecule has 0 saturated heterocycles. The van der Waals surface area contributed by atoms with Crippen molar-refractivity contribution in [3.8, 4) is 0 Å².